The van der Waals surface area contributed by atoms with E-state index in [1.807, 2.05) is 55.5 Å². The van der Waals surface area contributed by atoms with E-state index in [0.717, 1.165) is 33.5 Å². The quantitative estimate of drug-likeness (QED) is 0.535. The molecule has 0 unspecified atom stereocenters. The van der Waals surface area contributed by atoms with Crippen molar-refractivity contribution in [1.29, 1.82) is 0 Å². The van der Waals surface area contributed by atoms with Crippen LogP contribution in [0.15, 0.2) is 71.5 Å². The number of furan rings is 1. The highest BCUT2D eigenvalue weighted by molar-refractivity contribution is 5.96. The number of hydrogen-bond donors (Lipinski definition) is 0. The fraction of sp³-hybridized carbons (Fsp3) is 0.0526. The topological polar surface area (TPSA) is 48.2 Å². The Morgan fingerprint density at radius 3 is 2.70 bits per heavy atom. The minimum Gasteiger partial charge on any atom is -0.426 e. The van der Waals surface area contributed by atoms with Gasteiger partial charge < -0.3 is 9.15 Å². The molecule has 3 heterocycles. The van der Waals surface area contributed by atoms with Gasteiger partial charge in [0.25, 0.3) is 5.95 Å². The van der Waals surface area contributed by atoms with Crippen LogP contribution < -0.4 is 4.74 Å². The average Bonchev–Trinajstić information content (AvgIpc) is 2.93. The second-order valence-electron chi connectivity index (χ2n) is 5.24. The Balaban J connectivity index is 1.91. The van der Waals surface area contributed by atoms with Gasteiger partial charge >= 0.3 is 0 Å². The van der Waals surface area contributed by atoms with E-state index in [9.17, 15) is 0 Å². The summed E-state index contributed by atoms with van der Waals surface area (Å²) in [5, 5.41) is 0.920. The largest absolute Gasteiger partial charge is 0.426 e. The Hall–Kier alpha value is -3.14. The number of pyridine rings is 2. The fourth-order valence-corrected chi connectivity index (χ4v) is 2.56. The molecule has 0 radical (unpaired) electrons. The van der Waals surface area contributed by atoms with Gasteiger partial charge in [0.1, 0.15) is 11.3 Å². The van der Waals surface area contributed by atoms with Crippen molar-refractivity contribution in [2.24, 2.45) is 0 Å². The molecule has 112 valence electrons. The van der Waals surface area contributed by atoms with Crippen LogP contribution in [0.2, 0.25) is 0 Å². The molecule has 0 N–H and O–H groups in total. The molecule has 3 aromatic heterocycles. The summed E-state index contributed by atoms with van der Waals surface area (Å²) >= 11 is 0. The van der Waals surface area contributed by atoms with Crippen molar-refractivity contribution < 1.29 is 9.15 Å². The molecule has 4 nitrogen and oxygen atoms in total. The summed E-state index contributed by atoms with van der Waals surface area (Å²) in [6, 6.07) is 15.4. The van der Waals surface area contributed by atoms with Gasteiger partial charge in [-0.25, -0.2) is 0 Å². The van der Waals surface area contributed by atoms with Gasteiger partial charge in [0.05, 0.1) is 10.9 Å². The van der Waals surface area contributed by atoms with Crippen LogP contribution in [0.5, 0.6) is 11.7 Å². The molecular weight excluding hydrogens is 288 g/mol. The standard InChI is InChI=1S/C19H14N2O2/c1-13-11-14(7-10-21-13)18-16-12-20-9-8-17(16)23-19(18)22-15-5-3-2-4-6-15/h2-12H,1H3. The predicted molar refractivity (Wildman–Crippen MR) is 88.5 cm³/mol. The van der Waals surface area contributed by atoms with Crippen LogP contribution in [0, 0.1) is 6.92 Å². The highest BCUT2D eigenvalue weighted by Gasteiger charge is 2.18. The van der Waals surface area contributed by atoms with E-state index < -0.39 is 0 Å². The van der Waals surface area contributed by atoms with Crippen LogP contribution in [-0.2, 0) is 0 Å². The lowest BCUT2D eigenvalue weighted by atomic mass is 10.1. The van der Waals surface area contributed by atoms with Crippen LogP contribution in [0.1, 0.15) is 5.69 Å². The van der Waals surface area contributed by atoms with E-state index in [-0.39, 0.29) is 0 Å². The van der Waals surface area contributed by atoms with Crippen molar-refractivity contribution in [3.8, 4) is 22.8 Å². The summed E-state index contributed by atoms with van der Waals surface area (Å²) in [6.45, 7) is 1.96. The lowest BCUT2D eigenvalue weighted by Gasteiger charge is -2.06. The van der Waals surface area contributed by atoms with E-state index in [2.05, 4.69) is 9.97 Å². The maximum atomic E-state index is 5.97. The molecule has 4 heteroatoms. The van der Waals surface area contributed by atoms with Crippen molar-refractivity contribution in [2.45, 2.75) is 6.92 Å². The summed E-state index contributed by atoms with van der Waals surface area (Å²) in [4.78, 5) is 8.47. The predicted octanol–water partition coefficient (Wildman–Crippen LogP) is 4.99. The average molecular weight is 302 g/mol. The van der Waals surface area contributed by atoms with Crippen molar-refractivity contribution in [3.05, 3.63) is 72.8 Å². The third kappa shape index (κ3) is 2.55. The zero-order valence-electron chi connectivity index (χ0n) is 12.6. The van der Waals surface area contributed by atoms with Gasteiger partial charge in [-0.05, 0) is 42.8 Å². The molecule has 4 aromatic rings. The number of nitrogens with zero attached hydrogens (tertiary/aromatic N) is 2. The number of hydrogen-bond acceptors (Lipinski definition) is 4. The van der Waals surface area contributed by atoms with Gasteiger partial charge in [0.2, 0.25) is 0 Å². The minimum atomic E-state index is 0.463. The molecule has 4 rings (SSSR count). The van der Waals surface area contributed by atoms with E-state index in [1.54, 1.807) is 18.6 Å². The van der Waals surface area contributed by atoms with Crippen molar-refractivity contribution in [2.75, 3.05) is 0 Å². The molecule has 1 aromatic carbocycles. The van der Waals surface area contributed by atoms with Crippen molar-refractivity contribution in [1.82, 2.24) is 9.97 Å². The molecule has 0 amide bonds. The molecule has 0 atom stereocenters. The molecule has 0 aliphatic rings. The highest BCUT2D eigenvalue weighted by atomic mass is 16.6. The third-order valence-corrected chi connectivity index (χ3v) is 3.60. The molecule has 0 fully saturated rings. The Morgan fingerprint density at radius 1 is 1.00 bits per heavy atom. The van der Waals surface area contributed by atoms with Crippen molar-refractivity contribution >= 4 is 11.0 Å². The van der Waals surface area contributed by atoms with E-state index >= 15 is 0 Å². The number of aryl methyl sites for hydroxylation is 1. The molecule has 0 spiro atoms. The number of ether oxygens (including phenoxy) is 1. The zero-order chi connectivity index (χ0) is 15.6. The molecule has 0 aliphatic carbocycles. The van der Waals surface area contributed by atoms with Gasteiger partial charge in [0.15, 0.2) is 0 Å². The first kappa shape index (κ1) is 13.5. The van der Waals surface area contributed by atoms with Gasteiger partial charge in [-0.3, -0.25) is 9.97 Å². The Bertz CT molecular complexity index is 961. The van der Waals surface area contributed by atoms with Crippen LogP contribution in [0.3, 0.4) is 0 Å². The third-order valence-electron chi connectivity index (χ3n) is 3.60. The second kappa shape index (κ2) is 5.57. The zero-order valence-corrected chi connectivity index (χ0v) is 12.6. The molecule has 0 saturated heterocycles. The van der Waals surface area contributed by atoms with Crippen LogP contribution in [0.25, 0.3) is 22.1 Å². The van der Waals surface area contributed by atoms with Crippen LogP contribution in [0.4, 0.5) is 0 Å². The molecule has 23 heavy (non-hydrogen) atoms. The van der Waals surface area contributed by atoms with Crippen molar-refractivity contribution in [3.63, 3.8) is 0 Å². The molecule has 0 bridgehead atoms. The first-order chi connectivity index (χ1) is 11.3. The van der Waals surface area contributed by atoms with Gasteiger partial charge in [-0.1, -0.05) is 18.2 Å². The maximum absolute atomic E-state index is 5.97. The number of rotatable bonds is 3. The summed E-state index contributed by atoms with van der Waals surface area (Å²) in [7, 11) is 0. The number of benzene rings is 1. The van der Waals surface area contributed by atoms with E-state index in [4.69, 9.17) is 9.15 Å². The summed E-state index contributed by atoms with van der Waals surface area (Å²) in [6.07, 6.45) is 5.29. The number of aromatic nitrogens is 2. The van der Waals surface area contributed by atoms with Gasteiger partial charge in [0, 0.05) is 24.3 Å². The molecule has 0 aliphatic heterocycles. The number of fused-ring (bicyclic) bond motifs is 1. The van der Waals surface area contributed by atoms with Gasteiger partial charge in [-0.15, -0.1) is 0 Å². The SMILES string of the molecule is Cc1cc(-c2c(Oc3ccccc3)oc3ccncc23)ccn1. The monoisotopic (exact) mass is 302 g/mol. The lowest BCUT2D eigenvalue weighted by Crippen LogP contribution is -1.87. The normalized spacial score (nSPS) is 10.8. The summed E-state index contributed by atoms with van der Waals surface area (Å²) in [5.74, 6) is 1.19. The smallest absolute Gasteiger partial charge is 0.299 e. The molecular formula is C19H14N2O2. The van der Waals surface area contributed by atoms with Gasteiger partial charge in [-0.2, -0.15) is 0 Å². The number of para-hydroxylation sites is 1. The Morgan fingerprint density at radius 2 is 1.87 bits per heavy atom. The Kier molecular flexibility index (Phi) is 3.27. The fourth-order valence-electron chi connectivity index (χ4n) is 2.56. The van der Waals surface area contributed by atoms with Crippen LogP contribution >= 0.6 is 0 Å². The first-order valence-corrected chi connectivity index (χ1v) is 7.34. The minimum absolute atomic E-state index is 0.463. The Labute approximate surface area is 133 Å². The lowest BCUT2D eigenvalue weighted by molar-refractivity contribution is 0.362. The van der Waals surface area contributed by atoms with Crippen LogP contribution in [-0.4, -0.2) is 9.97 Å². The molecule has 0 saturated carbocycles. The first-order valence-electron chi connectivity index (χ1n) is 7.34. The highest BCUT2D eigenvalue weighted by Crippen LogP contribution is 2.41. The summed E-state index contributed by atoms with van der Waals surface area (Å²) in [5.41, 5.74) is 3.57. The maximum Gasteiger partial charge on any atom is 0.299 e. The van der Waals surface area contributed by atoms with E-state index in [0.29, 0.717) is 5.95 Å². The van der Waals surface area contributed by atoms with E-state index in [1.165, 1.54) is 0 Å². The second-order valence-corrected chi connectivity index (χ2v) is 5.24. The summed E-state index contributed by atoms with van der Waals surface area (Å²) < 4.78 is 11.9.